The summed E-state index contributed by atoms with van der Waals surface area (Å²) in [6, 6.07) is 3.72. The summed E-state index contributed by atoms with van der Waals surface area (Å²) in [7, 11) is 0. The maximum atomic E-state index is 10.8. The van der Waals surface area contributed by atoms with Crippen molar-refractivity contribution in [2.75, 3.05) is 33.0 Å². The smallest absolute Gasteiger partial charge is 0.175 e. The second-order valence-electron chi connectivity index (χ2n) is 5.65. The highest BCUT2D eigenvalue weighted by Gasteiger charge is 2.40. The van der Waals surface area contributed by atoms with Crippen LogP contribution in [0.2, 0.25) is 0 Å². The van der Waals surface area contributed by atoms with Crippen molar-refractivity contribution < 1.29 is 19.3 Å². The van der Waals surface area contributed by atoms with Crippen LogP contribution >= 0.6 is 15.9 Å². The topological polar surface area (TPSA) is 73.9 Å². The van der Waals surface area contributed by atoms with Gasteiger partial charge >= 0.3 is 0 Å². The van der Waals surface area contributed by atoms with Gasteiger partial charge in [-0.25, -0.2) is 0 Å². The van der Waals surface area contributed by atoms with Crippen molar-refractivity contribution in [3.63, 3.8) is 0 Å². The van der Waals surface area contributed by atoms with Crippen LogP contribution in [-0.4, -0.2) is 38.1 Å². The fourth-order valence-electron chi connectivity index (χ4n) is 3.00. The van der Waals surface area contributed by atoms with Crippen molar-refractivity contribution in [1.82, 2.24) is 0 Å². The first-order valence-corrected chi connectivity index (χ1v) is 8.00. The minimum absolute atomic E-state index is 0.389. The molecule has 0 spiro atoms. The van der Waals surface area contributed by atoms with Gasteiger partial charge in [0.25, 0.3) is 0 Å². The zero-order valence-corrected chi connectivity index (χ0v) is 13.4. The second-order valence-corrected chi connectivity index (χ2v) is 6.51. The van der Waals surface area contributed by atoms with Gasteiger partial charge in [0.15, 0.2) is 11.5 Å². The molecule has 2 atom stereocenters. The van der Waals surface area contributed by atoms with Gasteiger partial charge in [0, 0.05) is 18.6 Å². The molecule has 2 aliphatic rings. The maximum Gasteiger partial charge on any atom is 0.175 e. The molecule has 3 N–H and O–H groups in total. The van der Waals surface area contributed by atoms with Crippen LogP contribution in [0.1, 0.15) is 24.5 Å². The van der Waals surface area contributed by atoms with E-state index in [1.54, 1.807) is 0 Å². The molecule has 1 saturated heterocycles. The molecule has 1 aromatic carbocycles. The molecule has 0 aromatic heterocycles. The molecule has 1 fully saturated rings. The molecule has 0 bridgehead atoms. The molecule has 0 amide bonds. The van der Waals surface area contributed by atoms with E-state index in [0.29, 0.717) is 37.9 Å². The predicted octanol–water partition coefficient (Wildman–Crippen LogP) is 2.01. The number of aliphatic hydroxyl groups excluding tert-OH is 1. The van der Waals surface area contributed by atoms with Gasteiger partial charge in [-0.15, -0.1) is 0 Å². The molecule has 2 unspecified atom stereocenters. The number of fused-ring (bicyclic) bond motifs is 1. The Morgan fingerprint density at radius 1 is 1.29 bits per heavy atom. The largest absolute Gasteiger partial charge is 0.486 e. The first-order chi connectivity index (χ1) is 10.2. The summed E-state index contributed by atoms with van der Waals surface area (Å²) in [4.78, 5) is 0. The van der Waals surface area contributed by atoms with Gasteiger partial charge < -0.3 is 25.1 Å². The van der Waals surface area contributed by atoms with Gasteiger partial charge in [0.1, 0.15) is 13.2 Å². The number of hydrogen-bond acceptors (Lipinski definition) is 5. The van der Waals surface area contributed by atoms with Gasteiger partial charge in [-0.05, 0) is 46.5 Å². The molecule has 0 radical (unpaired) electrons. The van der Waals surface area contributed by atoms with E-state index in [4.69, 9.17) is 19.9 Å². The van der Waals surface area contributed by atoms with Gasteiger partial charge in [0.05, 0.1) is 17.2 Å². The SMILES string of the molecule is NCC1(C(O)c2cc(Br)c3c(c2)OCCO3)CCCOC1. The quantitative estimate of drug-likeness (QED) is 0.865. The van der Waals surface area contributed by atoms with Gasteiger partial charge in [-0.3, -0.25) is 0 Å². The van der Waals surface area contributed by atoms with Crippen LogP contribution in [-0.2, 0) is 4.74 Å². The zero-order chi connectivity index (χ0) is 14.9. The average Bonchev–Trinajstić information content (AvgIpc) is 2.54. The lowest BCUT2D eigenvalue weighted by Crippen LogP contribution is -2.43. The van der Waals surface area contributed by atoms with Crippen LogP contribution in [0.25, 0.3) is 0 Å². The summed E-state index contributed by atoms with van der Waals surface area (Å²) in [5.74, 6) is 1.35. The standard InChI is InChI=1S/C15H20BrNO4/c16-11-6-10(7-12-13(11)21-5-4-20-12)14(18)15(8-17)2-1-3-19-9-15/h6-7,14,18H,1-5,8-9,17H2. The number of ether oxygens (including phenoxy) is 3. The third kappa shape index (κ3) is 2.77. The van der Waals surface area contributed by atoms with Crippen molar-refractivity contribution in [3.05, 3.63) is 22.2 Å². The Balaban J connectivity index is 1.93. The number of benzene rings is 1. The molecule has 6 heteroatoms. The molecule has 0 saturated carbocycles. The van der Waals surface area contributed by atoms with E-state index in [2.05, 4.69) is 15.9 Å². The molecule has 0 aliphatic carbocycles. The molecular formula is C15H20BrNO4. The van der Waals surface area contributed by atoms with E-state index >= 15 is 0 Å². The highest BCUT2D eigenvalue weighted by molar-refractivity contribution is 9.10. The Morgan fingerprint density at radius 2 is 2.10 bits per heavy atom. The van der Waals surface area contributed by atoms with Crippen LogP contribution in [0.15, 0.2) is 16.6 Å². The number of aliphatic hydroxyl groups is 1. The highest BCUT2D eigenvalue weighted by Crippen LogP contribution is 2.45. The minimum Gasteiger partial charge on any atom is -0.486 e. The Kier molecular flexibility index (Phi) is 4.40. The Bertz CT molecular complexity index is 517. The lowest BCUT2D eigenvalue weighted by Gasteiger charge is -2.40. The van der Waals surface area contributed by atoms with E-state index in [-0.39, 0.29) is 0 Å². The zero-order valence-electron chi connectivity index (χ0n) is 11.8. The number of rotatable bonds is 3. The monoisotopic (exact) mass is 357 g/mol. The Labute approximate surface area is 132 Å². The van der Waals surface area contributed by atoms with Crippen LogP contribution in [0, 0.1) is 5.41 Å². The highest BCUT2D eigenvalue weighted by atomic mass is 79.9. The van der Waals surface area contributed by atoms with E-state index < -0.39 is 11.5 Å². The maximum absolute atomic E-state index is 10.8. The van der Waals surface area contributed by atoms with E-state index in [1.807, 2.05) is 12.1 Å². The summed E-state index contributed by atoms with van der Waals surface area (Å²) >= 11 is 3.49. The fourth-order valence-corrected chi connectivity index (χ4v) is 3.58. The van der Waals surface area contributed by atoms with Crippen molar-refractivity contribution in [2.45, 2.75) is 18.9 Å². The summed E-state index contributed by atoms with van der Waals surface area (Å²) in [6.45, 7) is 2.66. The Hall–Kier alpha value is -0.820. The van der Waals surface area contributed by atoms with Crippen molar-refractivity contribution in [2.24, 2.45) is 11.1 Å². The summed E-state index contributed by atoms with van der Waals surface area (Å²) in [5.41, 5.74) is 6.30. The molecule has 116 valence electrons. The van der Waals surface area contributed by atoms with Crippen LogP contribution in [0.3, 0.4) is 0 Å². The molecular weight excluding hydrogens is 338 g/mol. The third-order valence-electron chi connectivity index (χ3n) is 4.27. The minimum atomic E-state index is -0.685. The Morgan fingerprint density at radius 3 is 2.81 bits per heavy atom. The third-order valence-corrected chi connectivity index (χ3v) is 4.86. The van der Waals surface area contributed by atoms with E-state index in [0.717, 1.165) is 29.5 Å². The molecule has 2 heterocycles. The average molecular weight is 358 g/mol. The summed E-state index contributed by atoms with van der Waals surface area (Å²) in [6.07, 6.45) is 1.09. The van der Waals surface area contributed by atoms with Crippen molar-refractivity contribution in [3.8, 4) is 11.5 Å². The molecule has 21 heavy (non-hydrogen) atoms. The van der Waals surface area contributed by atoms with Crippen molar-refractivity contribution in [1.29, 1.82) is 0 Å². The first kappa shape index (κ1) is 15.1. The predicted molar refractivity (Wildman–Crippen MR) is 81.6 cm³/mol. The van der Waals surface area contributed by atoms with Crippen LogP contribution in [0.4, 0.5) is 0 Å². The van der Waals surface area contributed by atoms with Gasteiger partial charge in [0.2, 0.25) is 0 Å². The molecule has 2 aliphatic heterocycles. The molecule has 3 rings (SSSR count). The van der Waals surface area contributed by atoms with E-state index in [9.17, 15) is 5.11 Å². The lowest BCUT2D eigenvalue weighted by molar-refractivity contribution is -0.0783. The van der Waals surface area contributed by atoms with Crippen LogP contribution in [0.5, 0.6) is 11.5 Å². The molecule has 1 aromatic rings. The molecule has 5 nitrogen and oxygen atoms in total. The number of nitrogens with two attached hydrogens (primary N) is 1. The summed E-state index contributed by atoms with van der Waals surface area (Å²) in [5, 5.41) is 10.8. The number of halogens is 1. The fraction of sp³-hybridized carbons (Fsp3) is 0.600. The number of hydrogen-bond donors (Lipinski definition) is 2. The lowest BCUT2D eigenvalue weighted by atomic mass is 9.75. The van der Waals surface area contributed by atoms with E-state index in [1.165, 1.54) is 0 Å². The van der Waals surface area contributed by atoms with Gasteiger partial charge in [-0.2, -0.15) is 0 Å². The first-order valence-electron chi connectivity index (χ1n) is 7.21. The van der Waals surface area contributed by atoms with Gasteiger partial charge in [-0.1, -0.05) is 0 Å². The normalized spacial score (nSPS) is 26.4. The summed E-state index contributed by atoms with van der Waals surface area (Å²) < 4.78 is 17.5. The second kappa shape index (κ2) is 6.12. The van der Waals surface area contributed by atoms with Crippen molar-refractivity contribution >= 4 is 15.9 Å². The van der Waals surface area contributed by atoms with Crippen LogP contribution < -0.4 is 15.2 Å².